The molecule has 0 amide bonds. The standard InChI is InChI=1S/C20H30O6/c1-7-13(3)23-15(5)25-19(21)17-11-9-10-12-18(17)20(22)26-16(6)24-14(4)8-2/h9-16H,7-8H2,1-6H3. The van der Waals surface area contributed by atoms with E-state index in [0.29, 0.717) is 0 Å². The highest BCUT2D eigenvalue weighted by Gasteiger charge is 2.23. The second-order valence-electron chi connectivity index (χ2n) is 6.20. The van der Waals surface area contributed by atoms with Crippen LogP contribution in [-0.2, 0) is 18.9 Å². The second-order valence-corrected chi connectivity index (χ2v) is 6.20. The molecule has 0 aliphatic carbocycles. The molecule has 4 atom stereocenters. The van der Waals surface area contributed by atoms with Gasteiger partial charge in [0.2, 0.25) is 12.6 Å². The van der Waals surface area contributed by atoms with Crippen molar-refractivity contribution >= 4 is 11.9 Å². The van der Waals surface area contributed by atoms with E-state index in [0.717, 1.165) is 12.8 Å². The third-order valence-electron chi connectivity index (χ3n) is 3.91. The van der Waals surface area contributed by atoms with Crippen molar-refractivity contribution in [2.75, 3.05) is 0 Å². The summed E-state index contributed by atoms with van der Waals surface area (Å²) in [6.07, 6.45) is 0.120. The average molecular weight is 366 g/mol. The van der Waals surface area contributed by atoms with Crippen molar-refractivity contribution in [2.45, 2.75) is 79.2 Å². The molecule has 0 heterocycles. The average Bonchev–Trinajstić information content (AvgIpc) is 2.60. The van der Waals surface area contributed by atoms with Crippen LogP contribution in [-0.4, -0.2) is 36.7 Å². The second kappa shape index (κ2) is 10.9. The summed E-state index contributed by atoms with van der Waals surface area (Å²) >= 11 is 0. The van der Waals surface area contributed by atoms with Gasteiger partial charge in [0.15, 0.2) is 0 Å². The third kappa shape index (κ3) is 7.14. The number of rotatable bonds is 10. The van der Waals surface area contributed by atoms with Crippen LogP contribution in [0.3, 0.4) is 0 Å². The van der Waals surface area contributed by atoms with Gasteiger partial charge in [0.1, 0.15) is 0 Å². The molecule has 0 saturated carbocycles. The summed E-state index contributed by atoms with van der Waals surface area (Å²) in [5.41, 5.74) is 0.265. The molecule has 1 aromatic rings. The smallest absolute Gasteiger partial charge is 0.341 e. The van der Waals surface area contributed by atoms with Crippen LogP contribution in [0, 0.1) is 0 Å². The highest BCUT2D eigenvalue weighted by Crippen LogP contribution is 2.16. The van der Waals surface area contributed by atoms with Gasteiger partial charge in [0.25, 0.3) is 0 Å². The zero-order chi connectivity index (χ0) is 19.7. The molecule has 0 bridgehead atoms. The van der Waals surface area contributed by atoms with E-state index in [2.05, 4.69) is 0 Å². The van der Waals surface area contributed by atoms with E-state index in [1.807, 2.05) is 27.7 Å². The lowest BCUT2D eigenvalue weighted by atomic mass is 10.1. The Hall–Kier alpha value is -1.92. The van der Waals surface area contributed by atoms with Gasteiger partial charge < -0.3 is 18.9 Å². The summed E-state index contributed by atoms with van der Waals surface area (Å²) in [4.78, 5) is 24.8. The largest absolute Gasteiger partial charge is 0.432 e. The molecule has 0 aliphatic heterocycles. The number of carbonyl (C=O) groups excluding carboxylic acids is 2. The first-order valence-corrected chi connectivity index (χ1v) is 9.10. The molecule has 0 fully saturated rings. The first kappa shape index (κ1) is 22.1. The van der Waals surface area contributed by atoms with E-state index in [-0.39, 0.29) is 23.3 Å². The van der Waals surface area contributed by atoms with Gasteiger partial charge in [-0.2, -0.15) is 0 Å². The van der Waals surface area contributed by atoms with Crippen LogP contribution >= 0.6 is 0 Å². The van der Waals surface area contributed by atoms with Gasteiger partial charge in [-0.15, -0.1) is 0 Å². The Bertz CT molecular complexity index is 534. The molecule has 1 aromatic carbocycles. The highest BCUT2D eigenvalue weighted by atomic mass is 16.7. The number of ether oxygens (including phenoxy) is 4. The Morgan fingerprint density at radius 2 is 1.12 bits per heavy atom. The van der Waals surface area contributed by atoms with Gasteiger partial charge in [-0.05, 0) is 52.7 Å². The van der Waals surface area contributed by atoms with Crippen LogP contribution in [0.4, 0.5) is 0 Å². The minimum atomic E-state index is -0.714. The summed E-state index contributed by atoms with van der Waals surface area (Å²) in [5, 5.41) is 0. The monoisotopic (exact) mass is 366 g/mol. The summed E-state index contributed by atoms with van der Waals surface area (Å²) in [6, 6.07) is 6.36. The lowest BCUT2D eigenvalue weighted by Gasteiger charge is -2.20. The third-order valence-corrected chi connectivity index (χ3v) is 3.91. The molecule has 6 nitrogen and oxygen atoms in total. The van der Waals surface area contributed by atoms with Crippen molar-refractivity contribution in [1.29, 1.82) is 0 Å². The fourth-order valence-electron chi connectivity index (χ4n) is 2.17. The molecule has 4 unspecified atom stereocenters. The van der Waals surface area contributed by atoms with E-state index in [9.17, 15) is 9.59 Å². The zero-order valence-corrected chi connectivity index (χ0v) is 16.5. The predicted molar refractivity (Wildman–Crippen MR) is 97.9 cm³/mol. The van der Waals surface area contributed by atoms with Crippen LogP contribution in [0.2, 0.25) is 0 Å². The number of esters is 2. The summed E-state index contributed by atoms with van der Waals surface area (Å²) in [5.74, 6) is -1.27. The molecule has 146 valence electrons. The van der Waals surface area contributed by atoms with Crippen LogP contribution < -0.4 is 0 Å². The Morgan fingerprint density at radius 1 is 0.769 bits per heavy atom. The van der Waals surface area contributed by atoms with Gasteiger partial charge in [0, 0.05) is 0 Å². The summed E-state index contributed by atoms with van der Waals surface area (Å²) in [7, 11) is 0. The van der Waals surface area contributed by atoms with E-state index >= 15 is 0 Å². The highest BCUT2D eigenvalue weighted by molar-refractivity contribution is 6.03. The molecule has 1 rings (SSSR count). The number of hydrogen-bond acceptors (Lipinski definition) is 6. The molecule has 0 aliphatic rings. The van der Waals surface area contributed by atoms with Crippen molar-refractivity contribution in [3.05, 3.63) is 35.4 Å². The fraction of sp³-hybridized carbons (Fsp3) is 0.600. The van der Waals surface area contributed by atoms with Crippen LogP contribution in [0.25, 0.3) is 0 Å². The van der Waals surface area contributed by atoms with Gasteiger partial charge in [0.05, 0.1) is 23.3 Å². The van der Waals surface area contributed by atoms with E-state index in [1.54, 1.807) is 26.0 Å². The van der Waals surface area contributed by atoms with Gasteiger partial charge in [-0.25, -0.2) is 9.59 Å². The quantitative estimate of drug-likeness (QED) is 0.453. The Balaban J connectivity index is 2.80. The maximum atomic E-state index is 12.4. The lowest BCUT2D eigenvalue weighted by molar-refractivity contribution is -0.128. The maximum absolute atomic E-state index is 12.4. The van der Waals surface area contributed by atoms with Gasteiger partial charge >= 0.3 is 11.9 Å². The number of hydrogen-bond donors (Lipinski definition) is 0. The molecular formula is C20H30O6. The van der Waals surface area contributed by atoms with Crippen molar-refractivity contribution in [3.8, 4) is 0 Å². The summed E-state index contributed by atoms with van der Waals surface area (Å²) in [6.45, 7) is 11.0. The first-order valence-electron chi connectivity index (χ1n) is 9.10. The molecule has 0 saturated heterocycles. The minimum Gasteiger partial charge on any atom is -0.432 e. The van der Waals surface area contributed by atoms with Crippen LogP contribution in [0.15, 0.2) is 24.3 Å². The molecule has 0 aromatic heterocycles. The summed E-state index contributed by atoms with van der Waals surface area (Å²) < 4.78 is 21.6. The maximum Gasteiger partial charge on any atom is 0.341 e. The fourth-order valence-corrected chi connectivity index (χ4v) is 2.17. The van der Waals surface area contributed by atoms with Crippen LogP contribution in [0.1, 0.15) is 75.1 Å². The molecule has 6 heteroatoms. The SMILES string of the molecule is CCC(C)OC(C)OC(=O)c1ccccc1C(=O)OC(C)OC(C)CC. The molecular weight excluding hydrogens is 336 g/mol. The van der Waals surface area contributed by atoms with E-state index in [1.165, 1.54) is 12.1 Å². The Kier molecular flexibility index (Phi) is 9.30. The Labute approximate surface area is 155 Å². The topological polar surface area (TPSA) is 71.1 Å². The van der Waals surface area contributed by atoms with Crippen molar-refractivity contribution in [2.24, 2.45) is 0 Å². The normalized spacial score (nSPS) is 15.6. The lowest BCUT2D eigenvalue weighted by Crippen LogP contribution is -2.26. The number of benzene rings is 1. The predicted octanol–water partition coefficient (Wildman–Crippen LogP) is 4.32. The van der Waals surface area contributed by atoms with Gasteiger partial charge in [-0.1, -0.05) is 26.0 Å². The first-order chi connectivity index (χ1) is 12.3. The molecule has 0 radical (unpaired) electrons. The molecule has 0 N–H and O–H groups in total. The van der Waals surface area contributed by atoms with Crippen molar-refractivity contribution in [1.82, 2.24) is 0 Å². The minimum absolute atomic E-state index is 0.0310. The Morgan fingerprint density at radius 3 is 1.42 bits per heavy atom. The van der Waals surface area contributed by atoms with Gasteiger partial charge in [-0.3, -0.25) is 0 Å². The number of carbonyl (C=O) groups is 2. The van der Waals surface area contributed by atoms with E-state index in [4.69, 9.17) is 18.9 Å². The van der Waals surface area contributed by atoms with Crippen molar-refractivity contribution in [3.63, 3.8) is 0 Å². The molecule has 0 spiro atoms. The van der Waals surface area contributed by atoms with Crippen molar-refractivity contribution < 1.29 is 28.5 Å². The molecule has 26 heavy (non-hydrogen) atoms. The van der Waals surface area contributed by atoms with Crippen LogP contribution in [0.5, 0.6) is 0 Å². The van der Waals surface area contributed by atoms with E-state index < -0.39 is 24.5 Å². The zero-order valence-electron chi connectivity index (χ0n) is 16.5.